The molecule has 29 heavy (non-hydrogen) atoms. The number of halogens is 1. The Morgan fingerprint density at radius 1 is 1.00 bits per heavy atom. The number of aromatic nitrogens is 4. The van der Waals surface area contributed by atoms with E-state index in [0.29, 0.717) is 23.5 Å². The van der Waals surface area contributed by atoms with Crippen molar-refractivity contribution < 1.29 is 9.18 Å². The van der Waals surface area contributed by atoms with E-state index >= 15 is 0 Å². The minimum Gasteiger partial charge on any atom is -0.337 e. The van der Waals surface area contributed by atoms with Crippen LogP contribution in [0, 0.1) is 12.7 Å². The van der Waals surface area contributed by atoms with Crippen molar-refractivity contribution in [2.45, 2.75) is 13.5 Å². The van der Waals surface area contributed by atoms with Crippen molar-refractivity contribution in [3.8, 4) is 11.4 Å². The summed E-state index contributed by atoms with van der Waals surface area (Å²) in [5.41, 5.74) is 3.80. The highest BCUT2D eigenvalue weighted by molar-refractivity contribution is 5.95. The van der Waals surface area contributed by atoms with Crippen LogP contribution in [0.3, 0.4) is 0 Å². The maximum Gasteiger partial charge on any atom is 0.257 e. The molecule has 0 bridgehead atoms. The van der Waals surface area contributed by atoms with Gasteiger partial charge in [0.15, 0.2) is 0 Å². The van der Waals surface area contributed by atoms with E-state index in [9.17, 15) is 9.18 Å². The molecule has 0 atom stereocenters. The Balaban J connectivity index is 1.50. The molecule has 0 saturated carbocycles. The van der Waals surface area contributed by atoms with Crippen LogP contribution in [0.5, 0.6) is 0 Å². The van der Waals surface area contributed by atoms with Crippen molar-refractivity contribution >= 4 is 5.91 Å². The fraction of sp³-hybridized carbons (Fsp3) is 0.136. The number of hydrogen-bond donors (Lipinski definition) is 0. The zero-order chi connectivity index (χ0) is 20.4. The Bertz CT molecular complexity index is 1130. The second-order valence-electron chi connectivity index (χ2n) is 6.82. The summed E-state index contributed by atoms with van der Waals surface area (Å²) in [5.74, 6) is -0.450. The van der Waals surface area contributed by atoms with Gasteiger partial charge < -0.3 is 4.90 Å². The fourth-order valence-corrected chi connectivity index (χ4v) is 3.18. The Hall–Kier alpha value is -3.74. The number of hydrogen-bond acceptors (Lipinski definition) is 3. The van der Waals surface area contributed by atoms with Gasteiger partial charge in [-0.05, 0) is 43.3 Å². The van der Waals surface area contributed by atoms with Crippen LogP contribution in [0.4, 0.5) is 4.39 Å². The number of nitrogens with zero attached hydrogens (tertiary/aromatic N) is 5. The molecule has 4 rings (SSSR count). The first-order valence-electron chi connectivity index (χ1n) is 9.18. The molecule has 1 amide bonds. The van der Waals surface area contributed by atoms with Crippen molar-refractivity contribution in [2.24, 2.45) is 0 Å². The van der Waals surface area contributed by atoms with Crippen LogP contribution in [0.1, 0.15) is 21.6 Å². The van der Waals surface area contributed by atoms with Crippen LogP contribution in [0.25, 0.3) is 11.4 Å². The zero-order valence-electron chi connectivity index (χ0n) is 16.2. The second kappa shape index (κ2) is 7.71. The van der Waals surface area contributed by atoms with Crippen molar-refractivity contribution in [1.82, 2.24) is 24.5 Å². The summed E-state index contributed by atoms with van der Waals surface area (Å²) in [6.07, 6.45) is 5.21. The van der Waals surface area contributed by atoms with Gasteiger partial charge in [0, 0.05) is 25.4 Å². The second-order valence-corrected chi connectivity index (χ2v) is 6.82. The van der Waals surface area contributed by atoms with E-state index in [4.69, 9.17) is 0 Å². The molecule has 2 aromatic heterocycles. The molecule has 0 N–H and O–H groups in total. The molecule has 0 fully saturated rings. The lowest BCUT2D eigenvalue weighted by atomic mass is 10.2. The van der Waals surface area contributed by atoms with Gasteiger partial charge in [0.25, 0.3) is 5.91 Å². The normalized spacial score (nSPS) is 10.9. The highest BCUT2D eigenvalue weighted by Crippen LogP contribution is 2.17. The number of carbonyl (C=O) groups excluding carboxylic acids is 1. The average Bonchev–Trinajstić information content (AvgIpc) is 3.35. The molecule has 0 spiro atoms. The van der Waals surface area contributed by atoms with Gasteiger partial charge in [0.1, 0.15) is 5.82 Å². The number of amides is 1. The Morgan fingerprint density at radius 3 is 2.45 bits per heavy atom. The molecule has 2 heterocycles. The first kappa shape index (κ1) is 18.6. The van der Waals surface area contributed by atoms with Crippen LogP contribution in [0.2, 0.25) is 0 Å². The summed E-state index contributed by atoms with van der Waals surface area (Å²) < 4.78 is 16.6. The summed E-state index contributed by atoms with van der Waals surface area (Å²) in [6.45, 7) is 2.25. The van der Waals surface area contributed by atoms with E-state index in [-0.39, 0.29) is 11.7 Å². The molecule has 0 aliphatic rings. The van der Waals surface area contributed by atoms with Crippen molar-refractivity contribution in [3.05, 3.63) is 95.8 Å². The van der Waals surface area contributed by atoms with Gasteiger partial charge in [-0.15, -0.1) is 0 Å². The lowest BCUT2D eigenvalue weighted by molar-refractivity contribution is 0.0784. The number of para-hydroxylation sites is 1. The average molecular weight is 389 g/mol. The maximum atomic E-state index is 13.2. The minimum atomic E-state index is -0.314. The summed E-state index contributed by atoms with van der Waals surface area (Å²) >= 11 is 0. The van der Waals surface area contributed by atoms with Crippen LogP contribution >= 0.6 is 0 Å². The Kier molecular flexibility index (Phi) is 4.95. The standard InChI is InChI=1S/C22H20FN5O/c1-16-21(13-25-28(16)20-10-8-18(23)9-11-20)22(29)26(2)14-17-12-24-27(15-17)19-6-4-3-5-7-19/h3-13,15H,14H2,1-2H3. The van der Waals surface area contributed by atoms with Gasteiger partial charge in [-0.2, -0.15) is 10.2 Å². The minimum absolute atomic E-state index is 0.136. The lowest BCUT2D eigenvalue weighted by Crippen LogP contribution is -2.26. The van der Waals surface area contributed by atoms with Crippen molar-refractivity contribution in [3.63, 3.8) is 0 Å². The third-order valence-electron chi connectivity index (χ3n) is 4.73. The highest BCUT2D eigenvalue weighted by atomic mass is 19.1. The number of rotatable bonds is 5. The SMILES string of the molecule is Cc1c(C(=O)N(C)Cc2cnn(-c3ccccc3)c2)cnn1-c1ccc(F)cc1. The number of benzene rings is 2. The first-order chi connectivity index (χ1) is 14.0. The summed E-state index contributed by atoms with van der Waals surface area (Å²) in [4.78, 5) is 14.6. The maximum absolute atomic E-state index is 13.2. The molecule has 0 aliphatic carbocycles. The monoisotopic (exact) mass is 389 g/mol. The van der Waals surface area contributed by atoms with Gasteiger partial charge in [-0.3, -0.25) is 4.79 Å². The molecule has 0 radical (unpaired) electrons. The van der Waals surface area contributed by atoms with Crippen molar-refractivity contribution in [1.29, 1.82) is 0 Å². The smallest absolute Gasteiger partial charge is 0.257 e. The summed E-state index contributed by atoms with van der Waals surface area (Å²) in [7, 11) is 1.75. The van der Waals surface area contributed by atoms with Gasteiger partial charge in [0.05, 0.1) is 35.0 Å². The number of carbonyl (C=O) groups is 1. The largest absolute Gasteiger partial charge is 0.337 e. The Morgan fingerprint density at radius 2 is 1.72 bits per heavy atom. The molecule has 0 unspecified atom stereocenters. The van der Waals surface area contributed by atoms with Gasteiger partial charge >= 0.3 is 0 Å². The Labute approximate surface area is 167 Å². The summed E-state index contributed by atoms with van der Waals surface area (Å²) in [5, 5.41) is 8.67. The van der Waals surface area contributed by atoms with E-state index in [2.05, 4.69) is 10.2 Å². The summed E-state index contributed by atoms with van der Waals surface area (Å²) in [6, 6.07) is 15.8. The molecule has 0 aliphatic heterocycles. The molecule has 7 heteroatoms. The highest BCUT2D eigenvalue weighted by Gasteiger charge is 2.19. The van der Waals surface area contributed by atoms with E-state index < -0.39 is 0 Å². The molecule has 2 aromatic carbocycles. The van der Waals surface area contributed by atoms with Gasteiger partial charge in [0.2, 0.25) is 0 Å². The third kappa shape index (κ3) is 3.80. The fourth-order valence-electron chi connectivity index (χ4n) is 3.18. The molecule has 0 saturated heterocycles. The van der Waals surface area contributed by atoms with E-state index in [0.717, 1.165) is 11.3 Å². The molecule has 146 valence electrons. The van der Waals surface area contributed by atoms with Crippen LogP contribution in [0.15, 0.2) is 73.2 Å². The molecule has 4 aromatic rings. The van der Waals surface area contributed by atoms with E-state index in [1.165, 1.54) is 12.1 Å². The van der Waals surface area contributed by atoms with Crippen LogP contribution in [-0.4, -0.2) is 37.4 Å². The quantitative estimate of drug-likeness (QED) is 0.522. The van der Waals surface area contributed by atoms with Gasteiger partial charge in [-0.25, -0.2) is 13.8 Å². The van der Waals surface area contributed by atoms with Gasteiger partial charge in [-0.1, -0.05) is 18.2 Å². The topological polar surface area (TPSA) is 56.0 Å². The third-order valence-corrected chi connectivity index (χ3v) is 4.73. The van der Waals surface area contributed by atoms with E-state index in [1.54, 1.807) is 45.8 Å². The molecular weight excluding hydrogens is 369 g/mol. The molecule has 6 nitrogen and oxygen atoms in total. The first-order valence-corrected chi connectivity index (χ1v) is 9.18. The van der Waals surface area contributed by atoms with Crippen LogP contribution < -0.4 is 0 Å². The predicted octanol–water partition coefficient (Wildman–Crippen LogP) is 3.78. The zero-order valence-corrected chi connectivity index (χ0v) is 16.2. The van der Waals surface area contributed by atoms with E-state index in [1.807, 2.05) is 43.5 Å². The lowest BCUT2D eigenvalue weighted by Gasteiger charge is -2.16. The molecular formula is C22H20FN5O. The van der Waals surface area contributed by atoms with Crippen LogP contribution in [-0.2, 0) is 6.54 Å². The predicted molar refractivity (Wildman–Crippen MR) is 108 cm³/mol. The van der Waals surface area contributed by atoms with Crippen molar-refractivity contribution in [2.75, 3.05) is 7.05 Å².